The Labute approximate surface area is 123 Å². The minimum absolute atomic E-state index is 0.00959. The van der Waals surface area contributed by atoms with E-state index in [1.165, 1.54) is 6.08 Å². The number of allylic oxidation sites excluding steroid dienone is 1. The molecule has 1 saturated carbocycles. The lowest BCUT2D eigenvalue weighted by Gasteiger charge is -2.30. The van der Waals surface area contributed by atoms with Gasteiger partial charge in [-0.05, 0) is 36.8 Å². The summed E-state index contributed by atoms with van der Waals surface area (Å²) in [6, 6.07) is 0. The zero-order chi connectivity index (χ0) is 15.9. The van der Waals surface area contributed by atoms with Gasteiger partial charge in [-0.15, -0.1) is 0 Å². The Morgan fingerprint density at radius 3 is 2.64 bits per heavy atom. The number of H-pyrrole nitrogens is 2. The Hall–Kier alpha value is -1.96. The molecule has 6 nitrogen and oxygen atoms in total. The van der Waals surface area contributed by atoms with Gasteiger partial charge in [0.05, 0.1) is 0 Å². The summed E-state index contributed by atoms with van der Waals surface area (Å²) in [5.74, 6) is -2.68. The summed E-state index contributed by atoms with van der Waals surface area (Å²) in [5, 5.41) is 9.67. The SMILES string of the molecule is O=c1[nH]c2c(c(=O)[nH]1)C(CC1CCC(F)(F)CC1)=CC(O)O2. The van der Waals surface area contributed by atoms with Crippen molar-refractivity contribution in [3.63, 3.8) is 0 Å². The van der Waals surface area contributed by atoms with Crippen LogP contribution in [0.15, 0.2) is 15.7 Å². The Bertz CT molecular complexity index is 712. The number of halogens is 2. The average molecular weight is 314 g/mol. The van der Waals surface area contributed by atoms with Crippen molar-refractivity contribution in [2.75, 3.05) is 0 Å². The predicted molar refractivity (Wildman–Crippen MR) is 73.8 cm³/mol. The predicted octanol–water partition coefficient (Wildman–Crippen LogP) is 1.37. The van der Waals surface area contributed by atoms with Crippen molar-refractivity contribution in [2.45, 2.75) is 44.3 Å². The van der Waals surface area contributed by atoms with Crippen LogP contribution in [0, 0.1) is 5.92 Å². The minimum atomic E-state index is -2.61. The maximum absolute atomic E-state index is 13.2. The highest BCUT2D eigenvalue weighted by molar-refractivity contribution is 5.70. The summed E-state index contributed by atoms with van der Waals surface area (Å²) in [6.45, 7) is 0. The van der Waals surface area contributed by atoms with Crippen molar-refractivity contribution in [3.8, 4) is 5.88 Å². The van der Waals surface area contributed by atoms with E-state index in [2.05, 4.69) is 9.97 Å². The zero-order valence-electron chi connectivity index (χ0n) is 11.7. The Morgan fingerprint density at radius 1 is 1.27 bits per heavy atom. The van der Waals surface area contributed by atoms with Crippen LogP contribution in [0.3, 0.4) is 0 Å². The fourth-order valence-corrected chi connectivity index (χ4v) is 3.04. The van der Waals surface area contributed by atoms with Gasteiger partial charge < -0.3 is 9.84 Å². The average Bonchev–Trinajstić information content (AvgIpc) is 2.39. The van der Waals surface area contributed by atoms with Crippen LogP contribution in [0.2, 0.25) is 0 Å². The number of ether oxygens (including phenoxy) is 1. The normalized spacial score (nSPS) is 24.3. The Balaban J connectivity index is 1.86. The van der Waals surface area contributed by atoms with E-state index in [4.69, 9.17) is 4.74 Å². The first-order chi connectivity index (χ1) is 10.3. The van der Waals surface area contributed by atoms with Gasteiger partial charge in [0, 0.05) is 12.8 Å². The molecule has 1 unspecified atom stereocenters. The van der Waals surface area contributed by atoms with Crippen molar-refractivity contribution in [2.24, 2.45) is 5.92 Å². The summed E-state index contributed by atoms with van der Waals surface area (Å²) >= 11 is 0. The van der Waals surface area contributed by atoms with E-state index in [1.807, 2.05) is 0 Å². The smallest absolute Gasteiger partial charge is 0.328 e. The number of aliphatic hydroxyl groups is 1. The van der Waals surface area contributed by atoms with Gasteiger partial charge in [0.1, 0.15) is 5.56 Å². The molecule has 1 atom stereocenters. The maximum atomic E-state index is 13.2. The largest absolute Gasteiger partial charge is 0.445 e. The molecule has 1 aromatic heterocycles. The van der Waals surface area contributed by atoms with Gasteiger partial charge in [-0.1, -0.05) is 0 Å². The maximum Gasteiger partial charge on any atom is 0.328 e. The summed E-state index contributed by atoms with van der Waals surface area (Å²) in [5.41, 5.74) is -0.670. The lowest BCUT2D eigenvalue weighted by molar-refractivity contribution is -0.0453. The number of rotatable bonds is 2. The number of aromatic nitrogens is 2. The van der Waals surface area contributed by atoms with E-state index < -0.39 is 23.5 Å². The molecule has 1 fully saturated rings. The first-order valence-corrected chi connectivity index (χ1v) is 7.14. The van der Waals surface area contributed by atoms with E-state index in [0.717, 1.165) is 0 Å². The monoisotopic (exact) mass is 314 g/mol. The Morgan fingerprint density at radius 2 is 1.95 bits per heavy atom. The van der Waals surface area contributed by atoms with Gasteiger partial charge in [0.2, 0.25) is 18.1 Å². The minimum Gasteiger partial charge on any atom is -0.445 e. The number of nitrogens with one attached hydrogen (secondary N) is 2. The summed E-state index contributed by atoms with van der Waals surface area (Å²) in [4.78, 5) is 27.6. The van der Waals surface area contributed by atoms with Gasteiger partial charge in [-0.3, -0.25) is 14.8 Å². The van der Waals surface area contributed by atoms with Gasteiger partial charge in [-0.2, -0.15) is 0 Å². The fourth-order valence-electron chi connectivity index (χ4n) is 3.04. The molecule has 0 saturated heterocycles. The second-order valence-corrected chi connectivity index (χ2v) is 5.82. The van der Waals surface area contributed by atoms with Gasteiger partial charge in [0.15, 0.2) is 0 Å². The molecule has 0 amide bonds. The van der Waals surface area contributed by atoms with Crippen LogP contribution in [0.25, 0.3) is 5.57 Å². The molecule has 3 N–H and O–H groups in total. The van der Waals surface area contributed by atoms with Crippen LogP contribution < -0.4 is 16.0 Å². The van der Waals surface area contributed by atoms with E-state index in [-0.39, 0.29) is 30.2 Å². The lowest BCUT2D eigenvalue weighted by Crippen LogP contribution is -2.32. The molecule has 0 bridgehead atoms. The molecular weight excluding hydrogens is 298 g/mol. The van der Waals surface area contributed by atoms with Crippen LogP contribution >= 0.6 is 0 Å². The second kappa shape index (κ2) is 5.35. The zero-order valence-corrected chi connectivity index (χ0v) is 11.7. The molecule has 0 spiro atoms. The first-order valence-electron chi connectivity index (χ1n) is 7.14. The van der Waals surface area contributed by atoms with Crippen LogP contribution in [-0.4, -0.2) is 27.3 Å². The lowest BCUT2D eigenvalue weighted by atomic mass is 9.81. The number of fused-ring (bicyclic) bond motifs is 1. The molecule has 22 heavy (non-hydrogen) atoms. The molecule has 0 aromatic carbocycles. The number of hydrogen-bond donors (Lipinski definition) is 3. The molecule has 8 heteroatoms. The van der Waals surface area contributed by atoms with Crippen LogP contribution in [-0.2, 0) is 0 Å². The molecule has 0 radical (unpaired) electrons. The molecule has 1 aliphatic carbocycles. The standard InChI is InChI=1S/C14H16F2N2O4/c15-14(16)3-1-7(2-4-14)5-8-6-9(19)22-12-10(8)11(20)17-13(21)18-12/h6-7,9,19H,1-5H2,(H2,17,18,20,21). The highest BCUT2D eigenvalue weighted by Crippen LogP contribution is 2.41. The van der Waals surface area contributed by atoms with Crippen molar-refractivity contribution in [3.05, 3.63) is 32.5 Å². The van der Waals surface area contributed by atoms with Crippen molar-refractivity contribution in [1.29, 1.82) is 0 Å². The number of alkyl halides is 2. The fraction of sp³-hybridized carbons (Fsp3) is 0.571. The van der Waals surface area contributed by atoms with E-state index in [0.29, 0.717) is 24.8 Å². The summed E-state index contributed by atoms with van der Waals surface area (Å²) in [7, 11) is 0. The van der Waals surface area contributed by atoms with Crippen molar-refractivity contribution >= 4 is 5.57 Å². The van der Waals surface area contributed by atoms with E-state index >= 15 is 0 Å². The highest BCUT2D eigenvalue weighted by atomic mass is 19.3. The van der Waals surface area contributed by atoms with Crippen LogP contribution in [0.4, 0.5) is 8.78 Å². The van der Waals surface area contributed by atoms with E-state index in [1.54, 1.807) is 0 Å². The second-order valence-electron chi connectivity index (χ2n) is 5.82. The number of aliphatic hydroxyl groups excluding tert-OH is 1. The third-order valence-corrected chi connectivity index (χ3v) is 4.16. The van der Waals surface area contributed by atoms with Gasteiger partial charge in [-0.25, -0.2) is 13.6 Å². The third-order valence-electron chi connectivity index (χ3n) is 4.16. The number of aromatic amines is 2. The Kier molecular flexibility index (Phi) is 3.64. The highest BCUT2D eigenvalue weighted by Gasteiger charge is 2.36. The summed E-state index contributed by atoms with van der Waals surface area (Å²) < 4.78 is 31.4. The molecule has 120 valence electrons. The molecule has 2 heterocycles. The van der Waals surface area contributed by atoms with Crippen molar-refractivity contribution in [1.82, 2.24) is 9.97 Å². The topological polar surface area (TPSA) is 95.2 Å². The van der Waals surface area contributed by atoms with Crippen molar-refractivity contribution < 1.29 is 18.6 Å². The third kappa shape index (κ3) is 2.96. The molecule has 2 aliphatic rings. The molecule has 1 aliphatic heterocycles. The molecular formula is C14H16F2N2O4. The van der Waals surface area contributed by atoms with Crippen LogP contribution in [0.1, 0.15) is 37.7 Å². The van der Waals surface area contributed by atoms with Gasteiger partial charge >= 0.3 is 5.69 Å². The number of hydrogen-bond acceptors (Lipinski definition) is 4. The summed E-state index contributed by atoms with van der Waals surface area (Å²) in [6.07, 6.45) is 0.874. The quantitative estimate of drug-likeness (QED) is 0.768. The van der Waals surface area contributed by atoms with Gasteiger partial charge in [0.25, 0.3) is 5.56 Å². The van der Waals surface area contributed by atoms with E-state index in [9.17, 15) is 23.5 Å². The molecule has 3 rings (SSSR count). The molecule has 1 aromatic rings. The van der Waals surface area contributed by atoms with Crippen LogP contribution in [0.5, 0.6) is 5.88 Å². The first kappa shape index (κ1) is 15.0.